The number of aryl methyl sites for hydroxylation is 1. The summed E-state index contributed by atoms with van der Waals surface area (Å²) >= 11 is 0. The highest BCUT2D eigenvalue weighted by Crippen LogP contribution is 2.30. The van der Waals surface area contributed by atoms with Crippen LogP contribution in [0.5, 0.6) is 5.75 Å². The Hall–Kier alpha value is -3.67. The van der Waals surface area contributed by atoms with Crippen LogP contribution in [0.3, 0.4) is 0 Å². The maximum absolute atomic E-state index is 13.6. The van der Waals surface area contributed by atoms with Gasteiger partial charge < -0.3 is 15.4 Å². The number of nitrogens with two attached hydrogens (primary N) is 1. The smallest absolute Gasteiger partial charge is 0.146 e. The second-order valence-corrected chi connectivity index (χ2v) is 7.51. The Morgan fingerprint density at radius 2 is 1.84 bits per heavy atom. The number of hydrogen-bond acceptors (Lipinski definition) is 5. The third-order valence-corrected chi connectivity index (χ3v) is 5.38. The number of rotatable bonds is 6. The molecule has 2 aromatic carbocycles. The number of nitrogen functional groups attached to an aromatic ring is 1. The molecule has 158 valence electrons. The van der Waals surface area contributed by atoms with Crippen LogP contribution in [0, 0.1) is 5.82 Å². The van der Waals surface area contributed by atoms with Crippen LogP contribution in [-0.2, 0) is 13.0 Å². The van der Waals surface area contributed by atoms with Gasteiger partial charge in [0.2, 0.25) is 0 Å². The summed E-state index contributed by atoms with van der Waals surface area (Å²) in [6, 6.07) is 16.8. The second kappa shape index (κ2) is 8.60. The number of ether oxygens (including phenoxy) is 1. The number of aromatic nitrogens is 2. The summed E-state index contributed by atoms with van der Waals surface area (Å²) in [5.74, 6) is 1.27. The minimum absolute atomic E-state index is 0.133. The van der Waals surface area contributed by atoms with Gasteiger partial charge in [0.05, 0.1) is 18.3 Å². The normalized spacial score (nSPS) is 11.0. The topological polar surface area (TPSA) is 64.3 Å². The monoisotopic (exact) mass is 416 g/mol. The summed E-state index contributed by atoms with van der Waals surface area (Å²) in [7, 11) is 3.67. The molecule has 0 fully saturated rings. The van der Waals surface area contributed by atoms with Gasteiger partial charge in [0.15, 0.2) is 0 Å². The Balaban J connectivity index is 1.66. The Morgan fingerprint density at radius 3 is 2.52 bits per heavy atom. The van der Waals surface area contributed by atoms with Crippen LogP contribution in [0.4, 0.5) is 15.9 Å². The van der Waals surface area contributed by atoms with E-state index in [2.05, 4.69) is 16.8 Å². The van der Waals surface area contributed by atoms with Crippen molar-refractivity contribution in [2.45, 2.75) is 19.9 Å². The van der Waals surface area contributed by atoms with Crippen molar-refractivity contribution >= 4 is 22.4 Å². The number of benzene rings is 2. The molecule has 0 saturated heterocycles. The molecule has 4 rings (SSSR count). The van der Waals surface area contributed by atoms with Gasteiger partial charge >= 0.3 is 0 Å². The fourth-order valence-corrected chi connectivity index (χ4v) is 3.62. The zero-order valence-corrected chi connectivity index (χ0v) is 17.9. The van der Waals surface area contributed by atoms with Crippen molar-refractivity contribution in [3.63, 3.8) is 0 Å². The highest BCUT2D eigenvalue weighted by molar-refractivity contribution is 5.86. The van der Waals surface area contributed by atoms with Crippen LogP contribution in [0.15, 0.2) is 60.8 Å². The van der Waals surface area contributed by atoms with Crippen LogP contribution in [0.2, 0.25) is 0 Å². The van der Waals surface area contributed by atoms with E-state index in [0.717, 1.165) is 57.8 Å². The molecule has 5 nitrogen and oxygen atoms in total. The molecule has 0 aliphatic rings. The predicted molar refractivity (Wildman–Crippen MR) is 124 cm³/mol. The first-order valence-corrected chi connectivity index (χ1v) is 10.2. The largest absolute Gasteiger partial charge is 0.497 e. The molecule has 2 heterocycles. The zero-order chi connectivity index (χ0) is 22.0. The van der Waals surface area contributed by atoms with E-state index in [1.54, 1.807) is 19.2 Å². The first-order chi connectivity index (χ1) is 15.0. The Labute approximate surface area is 181 Å². The average molecular weight is 417 g/mol. The number of fused-ring (bicyclic) bond motifs is 1. The van der Waals surface area contributed by atoms with Crippen LogP contribution >= 0.6 is 0 Å². The van der Waals surface area contributed by atoms with Gasteiger partial charge in [0.25, 0.3) is 0 Å². The molecule has 0 radical (unpaired) electrons. The summed E-state index contributed by atoms with van der Waals surface area (Å²) in [5.41, 5.74) is 10.7. The van der Waals surface area contributed by atoms with Gasteiger partial charge in [-0.05, 0) is 47.9 Å². The van der Waals surface area contributed by atoms with Crippen LogP contribution in [0.1, 0.15) is 18.2 Å². The van der Waals surface area contributed by atoms with Gasteiger partial charge in [0.1, 0.15) is 17.4 Å². The number of halogens is 1. The first-order valence-electron chi connectivity index (χ1n) is 10.2. The Morgan fingerprint density at radius 1 is 1.06 bits per heavy atom. The lowest BCUT2D eigenvalue weighted by molar-refractivity contribution is 0.414. The Kier molecular flexibility index (Phi) is 5.71. The molecular weight excluding hydrogens is 391 g/mol. The van der Waals surface area contributed by atoms with E-state index >= 15 is 0 Å². The molecule has 0 amide bonds. The molecule has 0 bridgehead atoms. The number of anilines is 2. The number of methoxy groups -OCH3 is 1. The maximum atomic E-state index is 13.6. The molecule has 4 aromatic rings. The van der Waals surface area contributed by atoms with Gasteiger partial charge in [-0.25, -0.2) is 9.37 Å². The Bertz CT molecular complexity index is 1220. The summed E-state index contributed by atoms with van der Waals surface area (Å²) in [6.07, 6.45) is 2.58. The molecule has 31 heavy (non-hydrogen) atoms. The maximum Gasteiger partial charge on any atom is 0.146 e. The van der Waals surface area contributed by atoms with Crippen molar-refractivity contribution in [2.75, 3.05) is 24.8 Å². The fourth-order valence-electron chi connectivity index (χ4n) is 3.62. The minimum atomic E-state index is -0.415. The summed E-state index contributed by atoms with van der Waals surface area (Å²) < 4.78 is 18.8. The summed E-state index contributed by atoms with van der Waals surface area (Å²) in [5, 5.41) is 0.927. The molecule has 6 heteroatoms. The molecule has 2 N–H and O–H groups in total. The van der Waals surface area contributed by atoms with Gasteiger partial charge in [-0.2, -0.15) is 0 Å². The summed E-state index contributed by atoms with van der Waals surface area (Å²) in [6.45, 7) is 2.78. The summed E-state index contributed by atoms with van der Waals surface area (Å²) in [4.78, 5) is 11.6. The van der Waals surface area contributed by atoms with E-state index in [1.165, 1.54) is 6.07 Å². The predicted octanol–water partition coefficient (Wildman–Crippen LogP) is 5.23. The number of hydrogen-bond donors (Lipinski definition) is 1. The lowest BCUT2D eigenvalue weighted by Crippen LogP contribution is -2.17. The second-order valence-electron chi connectivity index (χ2n) is 7.51. The fraction of sp³-hybridized carbons (Fsp3) is 0.200. The van der Waals surface area contributed by atoms with Gasteiger partial charge in [-0.3, -0.25) is 4.98 Å². The molecule has 0 unspecified atom stereocenters. The lowest BCUT2D eigenvalue weighted by atomic mass is 10.00. The third kappa shape index (κ3) is 4.28. The van der Waals surface area contributed by atoms with Crippen molar-refractivity contribution < 1.29 is 9.13 Å². The molecule has 0 atom stereocenters. The quantitative estimate of drug-likeness (QED) is 0.436. The van der Waals surface area contributed by atoms with E-state index in [-0.39, 0.29) is 5.69 Å². The molecular formula is C25H25FN4O. The van der Waals surface area contributed by atoms with Crippen LogP contribution in [-0.4, -0.2) is 24.1 Å². The van der Waals surface area contributed by atoms with Crippen molar-refractivity contribution in [1.29, 1.82) is 0 Å². The first kappa shape index (κ1) is 20.6. The third-order valence-electron chi connectivity index (χ3n) is 5.38. The molecule has 0 spiro atoms. The molecule has 0 aliphatic heterocycles. The van der Waals surface area contributed by atoms with Crippen molar-refractivity contribution in [2.24, 2.45) is 0 Å². The molecule has 2 aromatic heterocycles. The van der Waals surface area contributed by atoms with Gasteiger partial charge in [-0.1, -0.05) is 25.1 Å². The van der Waals surface area contributed by atoms with E-state index in [0.29, 0.717) is 0 Å². The highest BCUT2D eigenvalue weighted by atomic mass is 19.1. The van der Waals surface area contributed by atoms with Gasteiger partial charge in [0, 0.05) is 42.5 Å². The number of nitrogens with zero attached hydrogens (tertiary/aromatic N) is 3. The standard InChI is InChI=1S/C25H25FN4O/c1-4-23-20(17-7-10-21(26)22(27)12-17)11-18-14-28-25(13-24(18)29-23)30(2)15-16-5-8-19(31-3)9-6-16/h5-14H,4,15,27H2,1-3H3. The van der Waals surface area contributed by atoms with Crippen LogP contribution < -0.4 is 15.4 Å². The van der Waals surface area contributed by atoms with E-state index < -0.39 is 5.82 Å². The van der Waals surface area contributed by atoms with E-state index in [1.807, 2.05) is 49.6 Å². The van der Waals surface area contributed by atoms with Crippen molar-refractivity contribution in [3.8, 4) is 16.9 Å². The van der Waals surface area contributed by atoms with E-state index in [4.69, 9.17) is 15.5 Å². The van der Waals surface area contributed by atoms with Crippen molar-refractivity contribution in [3.05, 3.63) is 77.9 Å². The van der Waals surface area contributed by atoms with E-state index in [9.17, 15) is 4.39 Å². The molecule has 0 aliphatic carbocycles. The van der Waals surface area contributed by atoms with Gasteiger partial charge in [-0.15, -0.1) is 0 Å². The minimum Gasteiger partial charge on any atom is -0.497 e. The SMILES string of the molecule is CCc1nc2cc(N(C)Cc3ccc(OC)cc3)ncc2cc1-c1ccc(F)c(N)c1. The van der Waals surface area contributed by atoms with Crippen LogP contribution in [0.25, 0.3) is 22.0 Å². The number of pyridine rings is 2. The average Bonchev–Trinajstić information content (AvgIpc) is 2.80. The highest BCUT2D eigenvalue weighted by Gasteiger charge is 2.12. The molecule has 0 saturated carbocycles. The zero-order valence-electron chi connectivity index (χ0n) is 17.9. The lowest BCUT2D eigenvalue weighted by Gasteiger charge is -2.19. The van der Waals surface area contributed by atoms with Crippen molar-refractivity contribution in [1.82, 2.24) is 9.97 Å².